The van der Waals surface area contributed by atoms with Crippen molar-refractivity contribution in [3.05, 3.63) is 63.6 Å². The van der Waals surface area contributed by atoms with Crippen LogP contribution in [0.1, 0.15) is 45.1 Å². The van der Waals surface area contributed by atoms with Crippen molar-refractivity contribution in [2.45, 2.75) is 25.9 Å². The third-order valence-corrected chi connectivity index (χ3v) is 5.61. The number of hydrogen-bond acceptors (Lipinski definition) is 5. The maximum absolute atomic E-state index is 13.3. The highest BCUT2D eigenvalue weighted by Crippen LogP contribution is 2.30. The number of amides is 1. The Balaban J connectivity index is 1.76. The van der Waals surface area contributed by atoms with Crippen LogP contribution in [0.3, 0.4) is 0 Å². The van der Waals surface area contributed by atoms with Gasteiger partial charge in [0.2, 0.25) is 0 Å². The zero-order valence-electron chi connectivity index (χ0n) is 15.3. The summed E-state index contributed by atoms with van der Waals surface area (Å²) in [4.78, 5) is 25.6. The number of halogens is 1. The summed E-state index contributed by atoms with van der Waals surface area (Å²) < 4.78 is 7.95. The van der Waals surface area contributed by atoms with Gasteiger partial charge in [0.25, 0.3) is 5.91 Å². The Morgan fingerprint density at radius 2 is 2.07 bits per heavy atom. The second-order valence-corrected chi connectivity index (χ2v) is 7.74. The first-order valence-corrected chi connectivity index (χ1v) is 9.60. The molecule has 0 spiro atoms. The third-order valence-electron chi connectivity index (χ3n) is 5.09. The van der Waals surface area contributed by atoms with E-state index < -0.39 is 6.04 Å². The number of benzene rings is 1. The van der Waals surface area contributed by atoms with Crippen LogP contribution in [0.4, 0.5) is 0 Å². The number of fused-ring (bicyclic) bond motifs is 1. The summed E-state index contributed by atoms with van der Waals surface area (Å²) in [5.74, 6) is -0.164. The number of rotatable bonds is 4. The van der Waals surface area contributed by atoms with Gasteiger partial charge in [-0.2, -0.15) is 0 Å². The fraction of sp³-hybridized carbons (Fsp3) is 0.250. The molecule has 1 unspecified atom stereocenters. The standard InChI is InChI=1S/C20H18BrN3O4/c1-10-15(9-25)22-20(27)16-7-13(8-24(10)16)19(26)17-11(2)28-23-18(17)12-3-5-14(21)6-4-12/h3-8,10,15,25H,9H2,1-2H3,(H,22,27)/t10?,15-/m1/s1. The number of ketones is 1. The van der Waals surface area contributed by atoms with Crippen molar-refractivity contribution in [2.75, 3.05) is 6.61 Å². The van der Waals surface area contributed by atoms with E-state index in [0.29, 0.717) is 28.3 Å². The molecule has 0 aliphatic carbocycles. The van der Waals surface area contributed by atoms with Gasteiger partial charge in [0, 0.05) is 21.8 Å². The minimum atomic E-state index is -0.397. The zero-order chi connectivity index (χ0) is 20.0. The number of carbonyl (C=O) groups is 2. The molecule has 28 heavy (non-hydrogen) atoms. The van der Waals surface area contributed by atoms with Crippen LogP contribution in [0, 0.1) is 6.92 Å². The first-order chi connectivity index (χ1) is 13.4. The second kappa shape index (κ2) is 7.03. The van der Waals surface area contributed by atoms with Crippen molar-refractivity contribution in [1.29, 1.82) is 0 Å². The van der Waals surface area contributed by atoms with Gasteiger partial charge in [-0.15, -0.1) is 0 Å². The summed E-state index contributed by atoms with van der Waals surface area (Å²) in [6.07, 6.45) is 1.65. The molecule has 7 nitrogen and oxygen atoms in total. The molecule has 0 radical (unpaired) electrons. The molecule has 2 aromatic heterocycles. The van der Waals surface area contributed by atoms with Gasteiger partial charge >= 0.3 is 0 Å². The van der Waals surface area contributed by atoms with Gasteiger partial charge in [-0.25, -0.2) is 0 Å². The topological polar surface area (TPSA) is 97.4 Å². The van der Waals surface area contributed by atoms with E-state index in [1.807, 2.05) is 31.2 Å². The molecule has 8 heteroatoms. The molecule has 0 saturated carbocycles. The Kier molecular flexibility index (Phi) is 4.68. The lowest BCUT2D eigenvalue weighted by Crippen LogP contribution is -2.48. The van der Waals surface area contributed by atoms with E-state index in [1.54, 1.807) is 23.8 Å². The number of aliphatic hydroxyl groups is 1. The van der Waals surface area contributed by atoms with Gasteiger partial charge in [-0.05, 0) is 32.0 Å². The normalized spacial score (nSPS) is 18.6. The van der Waals surface area contributed by atoms with Crippen molar-refractivity contribution >= 4 is 27.6 Å². The van der Waals surface area contributed by atoms with Gasteiger partial charge in [0.05, 0.1) is 24.3 Å². The average Bonchev–Trinajstić information content (AvgIpc) is 3.29. The van der Waals surface area contributed by atoms with Crippen LogP contribution in [0.2, 0.25) is 0 Å². The van der Waals surface area contributed by atoms with Crippen LogP contribution in [0.5, 0.6) is 0 Å². The number of aromatic nitrogens is 2. The smallest absolute Gasteiger partial charge is 0.268 e. The molecule has 0 saturated heterocycles. The van der Waals surface area contributed by atoms with E-state index in [2.05, 4.69) is 26.4 Å². The van der Waals surface area contributed by atoms with E-state index >= 15 is 0 Å². The molecule has 1 aromatic carbocycles. The average molecular weight is 444 g/mol. The van der Waals surface area contributed by atoms with Crippen molar-refractivity contribution in [3.63, 3.8) is 0 Å². The Bertz CT molecular complexity index is 1070. The van der Waals surface area contributed by atoms with Crippen molar-refractivity contribution < 1.29 is 19.2 Å². The maximum Gasteiger partial charge on any atom is 0.268 e. The molecule has 1 amide bonds. The first kappa shape index (κ1) is 18.6. The number of nitrogens with one attached hydrogen (secondary N) is 1. The van der Waals surface area contributed by atoms with Crippen LogP contribution in [-0.4, -0.2) is 39.2 Å². The van der Waals surface area contributed by atoms with Gasteiger partial charge in [-0.3, -0.25) is 9.59 Å². The number of carbonyl (C=O) groups excluding carboxylic acids is 2. The highest BCUT2D eigenvalue weighted by atomic mass is 79.9. The number of hydrogen-bond donors (Lipinski definition) is 2. The van der Waals surface area contributed by atoms with Crippen LogP contribution >= 0.6 is 15.9 Å². The maximum atomic E-state index is 13.3. The number of aryl methyl sites for hydroxylation is 1. The second-order valence-electron chi connectivity index (χ2n) is 6.82. The molecule has 3 aromatic rings. The largest absolute Gasteiger partial charge is 0.394 e. The highest BCUT2D eigenvalue weighted by molar-refractivity contribution is 9.10. The van der Waals surface area contributed by atoms with E-state index in [0.717, 1.165) is 10.0 Å². The molecular weight excluding hydrogens is 426 g/mol. The highest BCUT2D eigenvalue weighted by Gasteiger charge is 2.32. The minimum absolute atomic E-state index is 0.172. The summed E-state index contributed by atoms with van der Waals surface area (Å²) in [6, 6.07) is 8.44. The minimum Gasteiger partial charge on any atom is -0.394 e. The van der Waals surface area contributed by atoms with Gasteiger partial charge < -0.3 is 19.5 Å². The predicted octanol–water partition coefficient (Wildman–Crippen LogP) is 3.11. The van der Waals surface area contributed by atoms with Crippen LogP contribution < -0.4 is 5.32 Å². The Labute approximate surface area is 169 Å². The quantitative estimate of drug-likeness (QED) is 0.603. The SMILES string of the molecule is Cc1onc(-c2ccc(Br)cc2)c1C(=O)c1cc2n(c1)C(C)[C@@H](CO)NC2=O. The fourth-order valence-electron chi connectivity index (χ4n) is 3.47. The predicted molar refractivity (Wildman–Crippen MR) is 105 cm³/mol. The lowest BCUT2D eigenvalue weighted by Gasteiger charge is -2.30. The molecule has 4 rings (SSSR count). The van der Waals surface area contributed by atoms with E-state index in [4.69, 9.17) is 4.52 Å². The van der Waals surface area contributed by atoms with Crippen LogP contribution in [0.25, 0.3) is 11.3 Å². The van der Waals surface area contributed by atoms with Gasteiger partial charge in [0.1, 0.15) is 17.1 Å². The third kappa shape index (κ3) is 2.98. The van der Waals surface area contributed by atoms with E-state index in [-0.39, 0.29) is 24.3 Å². The van der Waals surface area contributed by atoms with Crippen LogP contribution in [0.15, 0.2) is 45.5 Å². The molecule has 2 N–H and O–H groups in total. The lowest BCUT2D eigenvalue weighted by atomic mass is 9.99. The molecule has 144 valence electrons. The lowest BCUT2D eigenvalue weighted by molar-refractivity contribution is 0.0840. The summed E-state index contributed by atoms with van der Waals surface area (Å²) in [7, 11) is 0. The first-order valence-electron chi connectivity index (χ1n) is 8.81. The van der Waals surface area contributed by atoms with Crippen molar-refractivity contribution in [3.8, 4) is 11.3 Å². The summed E-state index contributed by atoms with van der Waals surface area (Å²) >= 11 is 3.39. The molecule has 2 atom stereocenters. The number of aliphatic hydroxyl groups excluding tert-OH is 1. The van der Waals surface area contributed by atoms with Crippen molar-refractivity contribution in [2.24, 2.45) is 0 Å². The van der Waals surface area contributed by atoms with Crippen LogP contribution in [-0.2, 0) is 0 Å². The molecule has 3 heterocycles. The molecule has 0 bridgehead atoms. The van der Waals surface area contributed by atoms with Crippen molar-refractivity contribution in [1.82, 2.24) is 15.0 Å². The zero-order valence-corrected chi connectivity index (χ0v) is 16.9. The monoisotopic (exact) mass is 443 g/mol. The Morgan fingerprint density at radius 1 is 1.36 bits per heavy atom. The molecule has 1 aliphatic heterocycles. The Morgan fingerprint density at radius 3 is 2.75 bits per heavy atom. The summed E-state index contributed by atoms with van der Waals surface area (Å²) in [5.41, 5.74) is 2.36. The van der Waals surface area contributed by atoms with E-state index in [1.165, 1.54) is 0 Å². The Hall–Kier alpha value is -2.71. The van der Waals surface area contributed by atoms with E-state index in [9.17, 15) is 14.7 Å². The number of nitrogens with zero attached hydrogens (tertiary/aromatic N) is 2. The fourth-order valence-corrected chi connectivity index (χ4v) is 3.73. The molecule has 1 aliphatic rings. The molecule has 0 fully saturated rings. The molecular formula is C20H18BrN3O4. The van der Waals surface area contributed by atoms with Gasteiger partial charge in [0.15, 0.2) is 5.78 Å². The van der Waals surface area contributed by atoms with Gasteiger partial charge in [-0.1, -0.05) is 33.2 Å². The summed E-state index contributed by atoms with van der Waals surface area (Å²) in [5, 5.41) is 16.3. The summed E-state index contributed by atoms with van der Waals surface area (Å²) in [6.45, 7) is 3.40.